The molecule has 1 fully saturated rings. The molecule has 2 rings (SSSR count). The lowest BCUT2D eigenvalue weighted by atomic mass is 10.00. The van der Waals surface area contributed by atoms with Crippen molar-refractivity contribution in [1.82, 2.24) is 42.5 Å². The average molecular weight is 790 g/mol. The van der Waals surface area contributed by atoms with Gasteiger partial charge in [0.15, 0.2) is 5.78 Å². The van der Waals surface area contributed by atoms with Crippen molar-refractivity contribution in [3.05, 3.63) is 35.9 Å². The largest absolute Gasteiger partial charge is 0.391 e. The minimum absolute atomic E-state index is 0.0270. The van der Waals surface area contributed by atoms with Crippen LogP contribution in [0, 0.1) is 5.92 Å². The molecule has 1 aliphatic heterocycles. The van der Waals surface area contributed by atoms with Crippen molar-refractivity contribution in [3.63, 3.8) is 0 Å². The van der Waals surface area contributed by atoms with E-state index >= 15 is 0 Å². The third kappa shape index (κ3) is 15.9. The molecule has 1 aliphatic rings. The van der Waals surface area contributed by atoms with E-state index in [9.17, 15) is 38.7 Å². The van der Waals surface area contributed by atoms with Crippen LogP contribution in [0.15, 0.2) is 30.3 Å². The molecule has 15 N–H and O–H groups in total. The Labute approximate surface area is 328 Å². The summed E-state index contributed by atoms with van der Waals surface area (Å²) in [5, 5.41) is 32.1. The fourth-order valence-corrected chi connectivity index (χ4v) is 6.14. The maximum Gasteiger partial charge on any atom is 0.245 e. The van der Waals surface area contributed by atoms with E-state index < -0.39 is 83.8 Å². The number of carbonyl (C=O) groups is 7. The molecular weight excluding hydrogens is 726 g/mol. The molecule has 1 aromatic carbocycles. The van der Waals surface area contributed by atoms with Crippen LogP contribution < -0.4 is 59.7 Å². The quantitative estimate of drug-likeness (QED) is 0.0957. The van der Waals surface area contributed by atoms with Gasteiger partial charge in [0.2, 0.25) is 35.4 Å². The smallest absolute Gasteiger partial charge is 0.245 e. The minimum atomic E-state index is -1.43. The highest BCUT2D eigenvalue weighted by Crippen LogP contribution is 2.10. The van der Waals surface area contributed by atoms with Crippen molar-refractivity contribution < 1.29 is 38.7 Å². The van der Waals surface area contributed by atoms with Crippen molar-refractivity contribution in [2.45, 2.75) is 108 Å². The number of nitrogens with one attached hydrogen (secondary N) is 8. The molecule has 56 heavy (non-hydrogen) atoms. The molecule has 0 saturated carbocycles. The third-order valence-corrected chi connectivity index (χ3v) is 9.26. The monoisotopic (exact) mass is 789 g/mol. The molecule has 0 aromatic heterocycles. The van der Waals surface area contributed by atoms with Crippen LogP contribution in [-0.4, -0.2) is 135 Å². The zero-order chi connectivity index (χ0) is 41.8. The van der Waals surface area contributed by atoms with Crippen molar-refractivity contribution in [3.8, 4) is 0 Å². The zero-order valence-electron chi connectivity index (χ0n) is 32.9. The topological polar surface area (TPSA) is 314 Å². The van der Waals surface area contributed by atoms with Gasteiger partial charge in [-0.15, -0.1) is 0 Å². The molecule has 6 amide bonds. The summed E-state index contributed by atoms with van der Waals surface area (Å²) < 4.78 is 0. The van der Waals surface area contributed by atoms with Crippen LogP contribution >= 0.6 is 0 Å². The summed E-state index contributed by atoms with van der Waals surface area (Å²) in [6, 6.07) is 0.975. The number of hydrogen-bond donors (Lipinski definition) is 12. The summed E-state index contributed by atoms with van der Waals surface area (Å²) in [7, 11) is 1.56. The number of hydrogen-bond acceptors (Lipinski definition) is 13. The number of carbonyl (C=O) groups excluding carboxylic acids is 7. The molecule has 19 nitrogen and oxygen atoms in total. The van der Waals surface area contributed by atoms with Crippen LogP contribution in [0.25, 0.3) is 0 Å². The first-order valence-corrected chi connectivity index (χ1v) is 19.2. The van der Waals surface area contributed by atoms with Gasteiger partial charge in [-0.25, -0.2) is 0 Å². The Morgan fingerprint density at radius 1 is 0.679 bits per heavy atom. The van der Waals surface area contributed by atoms with Crippen LogP contribution in [0.1, 0.15) is 58.4 Å². The molecule has 0 bridgehead atoms. The van der Waals surface area contributed by atoms with Crippen molar-refractivity contribution >= 4 is 41.2 Å². The second-order valence-corrected chi connectivity index (χ2v) is 14.3. The first-order valence-electron chi connectivity index (χ1n) is 19.2. The maximum atomic E-state index is 14.0. The predicted octanol–water partition coefficient (Wildman–Crippen LogP) is -4.24. The van der Waals surface area contributed by atoms with E-state index in [0.717, 1.165) is 5.56 Å². The molecule has 314 valence electrons. The Bertz CT molecular complexity index is 1450. The maximum absolute atomic E-state index is 14.0. The normalized spacial score (nSPS) is 26.5. The predicted molar refractivity (Wildman–Crippen MR) is 209 cm³/mol. The zero-order valence-corrected chi connectivity index (χ0v) is 32.9. The lowest BCUT2D eigenvalue weighted by Gasteiger charge is -2.28. The highest BCUT2D eigenvalue weighted by atomic mass is 16.3. The third-order valence-electron chi connectivity index (χ3n) is 9.26. The Hall–Kier alpha value is -4.53. The average Bonchev–Trinajstić information content (AvgIpc) is 3.15. The number of nitrogens with two attached hydrogens (primary N) is 3. The van der Waals surface area contributed by atoms with Gasteiger partial charge in [0.05, 0.1) is 24.7 Å². The molecule has 1 aromatic rings. The Balaban J connectivity index is 2.57. The van der Waals surface area contributed by atoms with Gasteiger partial charge < -0.3 is 59.5 Å². The number of rotatable bonds is 12. The van der Waals surface area contributed by atoms with Gasteiger partial charge in [-0.1, -0.05) is 44.2 Å². The molecule has 0 radical (unpaired) electrons. The number of aliphatic hydroxyl groups is 1. The molecule has 8 unspecified atom stereocenters. The van der Waals surface area contributed by atoms with E-state index in [1.54, 1.807) is 31.3 Å². The van der Waals surface area contributed by atoms with Crippen LogP contribution in [0.2, 0.25) is 0 Å². The Kier molecular flexibility index (Phi) is 21.2. The van der Waals surface area contributed by atoms with Gasteiger partial charge in [0, 0.05) is 13.0 Å². The highest BCUT2D eigenvalue weighted by molar-refractivity contribution is 5.97. The van der Waals surface area contributed by atoms with E-state index in [1.807, 2.05) is 19.9 Å². The molecule has 8 atom stereocenters. The first-order chi connectivity index (χ1) is 26.6. The summed E-state index contributed by atoms with van der Waals surface area (Å²) in [4.78, 5) is 95.0. The number of amides is 6. The second-order valence-electron chi connectivity index (χ2n) is 14.3. The van der Waals surface area contributed by atoms with Crippen molar-refractivity contribution in [2.24, 2.45) is 23.1 Å². The standard InChI is InChI=1S/C37H63N11O8/c1-21(2)18-28-35(54)45-26(11-15-39)33(52)44-27(12-16-40)34(53)48-31(22(3)49)37(56)42-17-13-24(41-4)30(50)20-43-25(10-14-38)32(51)47-29(36(55)46-28)19-23-8-6-5-7-9-23/h5-9,21-22,24-29,31,41,43,49H,10-20,38-40H2,1-4H3,(H,42,56)(H,44,52)(H,45,54)(H,46,55)(H,47,51)(H,48,53). The van der Waals surface area contributed by atoms with E-state index in [-0.39, 0.29) is 82.9 Å². The van der Waals surface area contributed by atoms with Gasteiger partial charge in [0.1, 0.15) is 30.2 Å². The lowest BCUT2D eigenvalue weighted by Crippen LogP contribution is -2.61. The fraction of sp³-hybridized carbons (Fsp3) is 0.649. The van der Waals surface area contributed by atoms with Gasteiger partial charge in [0.25, 0.3) is 0 Å². The van der Waals surface area contributed by atoms with Crippen LogP contribution in [-0.2, 0) is 40.0 Å². The molecule has 0 spiro atoms. The summed E-state index contributed by atoms with van der Waals surface area (Å²) in [6.45, 7) is 4.73. The molecule has 0 aliphatic carbocycles. The first kappa shape index (κ1) is 47.6. The molecule has 1 heterocycles. The van der Waals surface area contributed by atoms with E-state index in [2.05, 4.69) is 42.5 Å². The lowest BCUT2D eigenvalue weighted by molar-refractivity contribution is -0.136. The van der Waals surface area contributed by atoms with E-state index in [0.29, 0.717) is 0 Å². The van der Waals surface area contributed by atoms with Gasteiger partial charge in [-0.05, 0) is 77.2 Å². The Morgan fingerprint density at radius 3 is 1.70 bits per heavy atom. The highest BCUT2D eigenvalue weighted by Gasteiger charge is 2.34. The van der Waals surface area contributed by atoms with Crippen molar-refractivity contribution in [1.29, 1.82) is 0 Å². The summed E-state index contributed by atoms with van der Waals surface area (Å²) in [6.07, 6.45) is -0.972. The molecular formula is C37H63N11O8. The fourth-order valence-electron chi connectivity index (χ4n) is 6.14. The minimum Gasteiger partial charge on any atom is -0.391 e. The second kappa shape index (κ2) is 24.9. The number of ketones is 1. The molecule has 19 heteroatoms. The molecule has 1 saturated heterocycles. The van der Waals surface area contributed by atoms with E-state index in [4.69, 9.17) is 17.2 Å². The van der Waals surface area contributed by atoms with Gasteiger partial charge >= 0.3 is 0 Å². The van der Waals surface area contributed by atoms with Crippen LogP contribution in [0.5, 0.6) is 0 Å². The summed E-state index contributed by atoms with van der Waals surface area (Å²) in [5.41, 5.74) is 18.1. The van der Waals surface area contributed by atoms with Gasteiger partial charge in [-0.3, -0.25) is 38.9 Å². The van der Waals surface area contributed by atoms with Crippen molar-refractivity contribution in [2.75, 3.05) is 39.8 Å². The number of benzene rings is 1. The summed E-state index contributed by atoms with van der Waals surface area (Å²) >= 11 is 0. The summed E-state index contributed by atoms with van der Waals surface area (Å²) in [5.74, 6) is -4.71. The van der Waals surface area contributed by atoms with E-state index in [1.165, 1.54) is 6.92 Å². The number of likely N-dealkylation sites (N-methyl/N-ethyl adjacent to an activating group) is 1. The SMILES string of the molecule is CNC1CCNC(=O)C(C(C)O)NC(=O)C(CCN)NC(=O)C(CCN)NC(=O)C(CC(C)C)NC(=O)C(Cc2ccccc2)NC(=O)C(CCN)NCC1=O. The number of aliphatic hydroxyl groups excluding tert-OH is 1. The number of Topliss-reactive ketones (excluding diaryl/α,β-unsaturated/α-hetero) is 1. The Morgan fingerprint density at radius 2 is 1.16 bits per heavy atom. The van der Waals surface area contributed by atoms with Crippen LogP contribution in [0.4, 0.5) is 0 Å². The van der Waals surface area contributed by atoms with Gasteiger partial charge in [-0.2, -0.15) is 0 Å². The van der Waals surface area contributed by atoms with Crippen LogP contribution in [0.3, 0.4) is 0 Å².